The third kappa shape index (κ3) is 1.50. The van der Waals surface area contributed by atoms with Gasteiger partial charge in [-0.05, 0) is 6.42 Å². The summed E-state index contributed by atoms with van der Waals surface area (Å²) in [5, 5.41) is 12.1. The predicted octanol–water partition coefficient (Wildman–Crippen LogP) is -0.742. The van der Waals surface area contributed by atoms with Gasteiger partial charge in [0, 0.05) is 24.6 Å². The molecule has 0 saturated carbocycles. The molecule has 0 bridgehead atoms. The van der Waals surface area contributed by atoms with Crippen LogP contribution in [-0.2, 0) is 9.59 Å². The van der Waals surface area contributed by atoms with Gasteiger partial charge in [0.25, 0.3) is 0 Å². The van der Waals surface area contributed by atoms with E-state index in [9.17, 15) is 14.7 Å². The largest absolute Gasteiger partial charge is 0.394 e. The van der Waals surface area contributed by atoms with Gasteiger partial charge in [-0.15, -0.1) is 11.8 Å². The van der Waals surface area contributed by atoms with Crippen LogP contribution in [0.4, 0.5) is 0 Å². The summed E-state index contributed by atoms with van der Waals surface area (Å²) in [6, 6.07) is 0.102. The Balaban J connectivity index is 1.71. The molecule has 0 aromatic carbocycles. The van der Waals surface area contributed by atoms with E-state index < -0.39 is 5.54 Å². The van der Waals surface area contributed by atoms with E-state index in [1.807, 2.05) is 0 Å². The fourth-order valence-electron chi connectivity index (χ4n) is 2.69. The molecule has 3 aliphatic heterocycles. The Morgan fingerprint density at radius 3 is 2.76 bits per heavy atom. The van der Waals surface area contributed by atoms with Crippen LogP contribution in [0.15, 0.2) is 0 Å². The number of hydrogen-bond donors (Lipinski definition) is 2. The van der Waals surface area contributed by atoms with Crippen molar-refractivity contribution < 1.29 is 14.7 Å². The summed E-state index contributed by atoms with van der Waals surface area (Å²) in [4.78, 5) is 23.8. The van der Waals surface area contributed by atoms with E-state index >= 15 is 0 Å². The minimum absolute atomic E-state index is 0.0388. The third-order valence-corrected chi connectivity index (χ3v) is 5.33. The van der Waals surface area contributed by atoms with E-state index in [0.29, 0.717) is 19.3 Å². The standard InChI is InChI=1S/C11H13N2O3S/c1-11(5-14)7(2-6-3-8(15)12-6)17-10-4-9(16)13(10)11/h6-7,10,14H,2-5H2,(H,12,15)/t6-,7?,10+,11?/m0/s1. The highest BCUT2D eigenvalue weighted by molar-refractivity contribution is 8.01. The third-order valence-electron chi connectivity index (χ3n) is 3.73. The van der Waals surface area contributed by atoms with Crippen LogP contribution in [-0.4, -0.2) is 50.6 Å². The maximum atomic E-state index is 11.5. The molecule has 0 aromatic heterocycles. The summed E-state index contributed by atoms with van der Waals surface area (Å²) in [6.07, 6.45) is 1.62. The first-order valence-corrected chi connectivity index (χ1v) is 6.62. The Labute approximate surface area is 104 Å². The molecule has 0 aromatic rings. The van der Waals surface area contributed by atoms with Crippen molar-refractivity contribution in [2.75, 3.05) is 6.61 Å². The number of amides is 2. The number of nitrogens with one attached hydrogen (secondary N) is 1. The van der Waals surface area contributed by atoms with Crippen LogP contribution in [0.1, 0.15) is 19.3 Å². The number of aliphatic hydroxyl groups is 1. The summed E-state index contributed by atoms with van der Waals surface area (Å²) in [5.41, 5.74) is -1.20. The van der Waals surface area contributed by atoms with Gasteiger partial charge in [0.2, 0.25) is 11.8 Å². The number of aliphatic hydroxyl groups excluding tert-OH is 1. The van der Waals surface area contributed by atoms with Crippen LogP contribution in [0, 0.1) is 6.92 Å². The lowest BCUT2D eigenvalue weighted by Crippen LogP contribution is -2.62. The second kappa shape index (κ2) is 3.62. The zero-order chi connectivity index (χ0) is 12.2. The Morgan fingerprint density at radius 1 is 1.53 bits per heavy atom. The monoisotopic (exact) mass is 253 g/mol. The SMILES string of the molecule is [C]C1(CO)C(C[C@H]2CC(=O)N2)S[C@@H]2CC(=O)N21. The number of carbonyl (C=O) groups is 2. The number of hydrogen-bond acceptors (Lipinski definition) is 4. The van der Waals surface area contributed by atoms with Gasteiger partial charge in [-0.3, -0.25) is 9.59 Å². The van der Waals surface area contributed by atoms with Crippen LogP contribution in [0.25, 0.3) is 0 Å². The molecule has 6 heteroatoms. The highest BCUT2D eigenvalue weighted by atomic mass is 32.2. The Morgan fingerprint density at radius 2 is 2.24 bits per heavy atom. The smallest absolute Gasteiger partial charge is 0.227 e. The maximum Gasteiger partial charge on any atom is 0.227 e. The Hall–Kier alpha value is -0.750. The average Bonchev–Trinajstić information content (AvgIpc) is 2.45. The lowest BCUT2D eigenvalue weighted by molar-refractivity contribution is -0.149. The lowest BCUT2D eigenvalue weighted by atomic mass is 9.87. The van der Waals surface area contributed by atoms with Gasteiger partial charge in [0.15, 0.2) is 0 Å². The van der Waals surface area contributed by atoms with Crippen molar-refractivity contribution in [2.45, 2.75) is 41.5 Å². The van der Waals surface area contributed by atoms with Crippen molar-refractivity contribution in [3.63, 3.8) is 0 Å². The summed E-state index contributed by atoms with van der Waals surface area (Å²) in [6.45, 7) is 7.93. The van der Waals surface area contributed by atoms with E-state index in [0.717, 1.165) is 0 Å². The van der Waals surface area contributed by atoms with E-state index in [2.05, 4.69) is 5.32 Å². The van der Waals surface area contributed by atoms with Crippen molar-refractivity contribution >= 4 is 23.6 Å². The van der Waals surface area contributed by atoms with Gasteiger partial charge >= 0.3 is 0 Å². The van der Waals surface area contributed by atoms with E-state index in [4.69, 9.17) is 6.92 Å². The predicted molar refractivity (Wildman–Crippen MR) is 60.9 cm³/mol. The highest BCUT2D eigenvalue weighted by Gasteiger charge is 2.59. The topological polar surface area (TPSA) is 69.6 Å². The molecule has 0 aliphatic carbocycles. The van der Waals surface area contributed by atoms with Crippen molar-refractivity contribution in [3.05, 3.63) is 6.92 Å². The molecule has 3 heterocycles. The quantitative estimate of drug-likeness (QED) is 0.650. The summed E-state index contributed by atoms with van der Waals surface area (Å²) in [7, 11) is 0. The van der Waals surface area contributed by atoms with Gasteiger partial charge in [0.05, 0.1) is 23.9 Å². The molecule has 5 nitrogen and oxygen atoms in total. The first-order chi connectivity index (χ1) is 8.04. The molecule has 2 unspecified atom stereocenters. The number of rotatable bonds is 3. The van der Waals surface area contributed by atoms with Crippen LogP contribution < -0.4 is 5.32 Å². The number of thioether (sulfide) groups is 1. The van der Waals surface area contributed by atoms with E-state index in [1.165, 1.54) is 4.90 Å². The van der Waals surface area contributed by atoms with Gasteiger partial charge in [0.1, 0.15) is 0 Å². The summed E-state index contributed by atoms with van der Waals surface area (Å²) in [5.74, 6) is -0.0105. The van der Waals surface area contributed by atoms with E-state index in [-0.39, 0.29) is 35.1 Å². The van der Waals surface area contributed by atoms with Gasteiger partial charge < -0.3 is 15.3 Å². The Bertz CT molecular complexity index is 381. The van der Waals surface area contributed by atoms with Gasteiger partial charge in [-0.25, -0.2) is 0 Å². The number of carbonyl (C=O) groups excluding carboxylic acids is 2. The molecule has 3 rings (SSSR count). The molecule has 2 amide bonds. The maximum absolute atomic E-state index is 11.5. The molecular formula is C11H13N2O3S. The van der Waals surface area contributed by atoms with Crippen LogP contribution in [0.2, 0.25) is 0 Å². The van der Waals surface area contributed by atoms with Crippen LogP contribution >= 0.6 is 11.8 Å². The summed E-state index contributed by atoms with van der Waals surface area (Å²) < 4.78 is 0. The van der Waals surface area contributed by atoms with Crippen LogP contribution in [0.5, 0.6) is 0 Å². The molecule has 0 spiro atoms. The second-order valence-corrected chi connectivity index (χ2v) is 6.22. The van der Waals surface area contributed by atoms with Crippen molar-refractivity contribution in [3.8, 4) is 0 Å². The van der Waals surface area contributed by atoms with E-state index in [1.54, 1.807) is 11.8 Å². The molecule has 3 saturated heterocycles. The van der Waals surface area contributed by atoms with Gasteiger partial charge in [-0.1, -0.05) is 0 Å². The van der Waals surface area contributed by atoms with Crippen LogP contribution in [0.3, 0.4) is 0 Å². The lowest BCUT2D eigenvalue weighted by Gasteiger charge is -2.44. The molecule has 3 aliphatic rings. The average molecular weight is 253 g/mol. The zero-order valence-electron chi connectivity index (χ0n) is 9.18. The number of nitrogens with zero attached hydrogens (tertiary/aromatic N) is 1. The van der Waals surface area contributed by atoms with Crippen molar-refractivity contribution in [2.24, 2.45) is 0 Å². The fraction of sp³-hybridized carbons (Fsp3) is 0.727. The van der Waals surface area contributed by atoms with Gasteiger partial charge in [-0.2, -0.15) is 0 Å². The minimum atomic E-state index is -1.20. The molecule has 4 atom stereocenters. The first kappa shape index (κ1) is 11.3. The van der Waals surface area contributed by atoms with Crippen molar-refractivity contribution in [1.82, 2.24) is 10.2 Å². The molecule has 3 fully saturated rings. The molecule has 91 valence electrons. The fourth-order valence-corrected chi connectivity index (χ4v) is 4.49. The highest BCUT2D eigenvalue weighted by Crippen LogP contribution is 2.51. The number of β-lactam (4-membered cyclic amide) rings is 2. The minimum Gasteiger partial charge on any atom is -0.394 e. The summed E-state index contributed by atoms with van der Waals surface area (Å²) >= 11 is 1.58. The zero-order valence-corrected chi connectivity index (χ0v) is 10.00. The molecule has 17 heavy (non-hydrogen) atoms. The first-order valence-electron chi connectivity index (χ1n) is 5.67. The molecular weight excluding hydrogens is 240 g/mol. The Kier molecular flexibility index (Phi) is 2.42. The second-order valence-electron chi connectivity index (χ2n) is 4.83. The van der Waals surface area contributed by atoms with Crippen molar-refractivity contribution in [1.29, 1.82) is 0 Å². The normalized spacial score (nSPS) is 43.9. The number of fused-ring (bicyclic) bond motifs is 1. The molecule has 2 N–H and O–H groups in total. The molecule has 3 radical (unpaired) electrons.